The molecule has 0 radical (unpaired) electrons. The Bertz CT molecular complexity index is 861. The monoisotopic (exact) mass is 393 g/mol. The summed E-state index contributed by atoms with van der Waals surface area (Å²) in [6.45, 7) is 9.47. The van der Waals surface area contributed by atoms with Gasteiger partial charge < -0.3 is 15.1 Å². The summed E-state index contributed by atoms with van der Waals surface area (Å²) in [5.74, 6) is 0.431. The predicted molar refractivity (Wildman–Crippen MR) is 117 cm³/mol. The van der Waals surface area contributed by atoms with Gasteiger partial charge in [0, 0.05) is 18.8 Å². The number of amides is 3. The van der Waals surface area contributed by atoms with E-state index in [0.29, 0.717) is 19.0 Å². The van der Waals surface area contributed by atoms with Crippen LogP contribution in [0.5, 0.6) is 0 Å². The van der Waals surface area contributed by atoms with Gasteiger partial charge >= 0.3 is 6.03 Å². The van der Waals surface area contributed by atoms with Crippen LogP contribution in [0.3, 0.4) is 0 Å². The van der Waals surface area contributed by atoms with Crippen molar-refractivity contribution in [3.05, 3.63) is 65.2 Å². The lowest BCUT2D eigenvalue weighted by atomic mass is 9.93. The molecule has 1 N–H and O–H groups in total. The van der Waals surface area contributed by atoms with E-state index in [-0.39, 0.29) is 24.5 Å². The van der Waals surface area contributed by atoms with Gasteiger partial charge in [0.05, 0.1) is 6.04 Å². The van der Waals surface area contributed by atoms with Gasteiger partial charge in [-0.2, -0.15) is 0 Å². The van der Waals surface area contributed by atoms with Crippen molar-refractivity contribution in [2.75, 3.05) is 25.0 Å². The molecule has 154 valence electrons. The molecule has 0 saturated carbocycles. The highest BCUT2D eigenvalue weighted by Crippen LogP contribution is 2.29. The van der Waals surface area contributed by atoms with Crippen molar-refractivity contribution in [2.24, 2.45) is 0 Å². The van der Waals surface area contributed by atoms with Crippen LogP contribution in [0.2, 0.25) is 0 Å². The maximum absolute atomic E-state index is 13.0. The molecule has 1 heterocycles. The molecule has 0 fully saturated rings. The number of carbonyl (C=O) groups is 2. The molecule has 0 aromatic heterocycles. The Morgan fingerprint density at radius 2 is 1.83 bits per heavy atom. The first-order valence-corrected chi connectivity index (χ1v) is 10.4. The zero-order valence-corrected chi connectivity index (χ0v) is 17.8. The number of nitrogens with one attached hydrogen (secondary N) is 1. The summed E-state index contributed by atoms with van der Waals surface area (Å²) in [5.41, 5.74) is 4.47. The van der Waals surface area contributed by atoms with Crippen LogP contribution in [-0.2, 0) is 11.2 Å². The number of hydrogen-bond acceptors (Lipinski definition) is 2. The van der Waals surface area contributed by atoms with Crippen molar-refractivity contribution in [3.8, 4) is 0 Å². The second kappa shape index (κ2) is 9.12. The summed E-state index contributed by atoms with van der Waals surface area (Å²) in [7, 11) is 0. The van der Waals surface area contributed by atoms with Gasteiger partial charge in [-0.25, -0.2) is 4.79 Å². The Balaban J connectivity index is 1.63. The Kier molecular flexibility index (Phi) is 6.57. The molecule has 1 atom stereocenters. The average Bonchev–Trinajstić information content (AvgIpc) is 2.72. The van der Waals surface area contributed by atoms with E-state index in [1.54, 1.807) is 4.90 Å². The molecule has 5 nitrogen and oxygen atoms in total. The van der Waals surface area contributed by atoms with Gasteiger partial charge in [0.1, 0.15) is 6.54 Å². The van der Waals surface area contributed by atoms with Crippen molar-refractivity contribution in [3.63, 3.8) is 0 Å². The summed E-state index contributed by atoms with van der Waals surface area (Å²) < 4.78 is 0. The number of rotatable bonds is 5. The summed E-state index contributed by atoms with van der Waals surface area (Å²) in [6.07, 6.45) is 0.854. The number of hydrogen-bond donors (Lipinski definition) is 1. The third-order valence-corrected chi connectivity index (χ3v) is 5.74. The molecule has 0 saturated heterocycles. The highest BCUT2D eigenvalue weighted by molar-refractivity contribution is 5.92. The van der Waals surface area contributed by atoms with Crippen molar-refractivity contribution in [1.29, 1.82) is 0 Å². The molecule has 1 unspecified atom stereocenters. The summed E-state index contributed by atoms with van der Waals surface area (Å²) in [5, 5.41) is 2.91. The first kappa shape index (κ1) is 20.9. The van der Waals surface area contributed by atoms with Gasteiger partial charge in [-0.05, 0) is 55.0 Å². The van der Waals surface area contributed by atoms with E-state index in [0.717, 1.165) is 12.1 Å². The number of carbonyl (C=O) groups excluding carboxylic acids is 2. The lowest BCUT2D eigenvalue weighted by molar-refractivity contribution is -0.134. The first-order valence-electron chi connectivity index (χ1n) is 10.4. The van der Waals surface area contributed by atoms with Gasteiger partial charge in [-0.15, -0.1) is 0 Å². The van der Waals surface area contributed by atoms with Crippen molar-refractivity contribution in [1.82, 2.24) is 9.80 Å². The lowest BCUT2D eigenvalue weighted by Crippen LogP contribution is -2.47. The zero-order chi connectivity index (χ0) is 21.0. The minimum Gasteiger partial charge on any atom is -0.334 e. The molecule has 0 bridgehead atoms. The van der Waals surface area contributed by atoms with E-state index < -0.39 is 0 Å². The van der Waals surface area contributed by atoms with Crippen LogP contribution in [0, 0.1) is 0 Å². The van der Waals surface area contributed by atoms with Crippen LogP contribution in [-0.4, -0.2) is 41.4 Å². The summed E-state index contributed by atoms with van der Waals surface area (Å²) in [4.78, 5) is 29.1. The molecule has 0 spiro atoms. The summed E-state index contributed by atoms with van der Waals surface area (Å²) >= 11 is 0. The third-order valence-electron chi connectivity index (χ3n) is 5.74. The van der Waals surface area contributed by atoms with Crippen LogP contribution >= 0.6 is 0 Å². The topological polar surface area (TPSA) is 52.7 Å². The first-order chi connectivity index (χ1) is 13.9. The van der Waals surface area contributed by atoms with E-state index in [4.69, 9.17) is 0 Å². The van der Waals surface area contributed by atoms with E-state index in [2.05, 4.69) is 38.2 Å². The number of benzene rings is 2. The van der Waals surface area contributed by atoms with Crippen LogP contribution in [0.4, 0.5) is 10.5 Å². The van der Waals surface area contributed by atoms with E-state index >= 15 is 0 Å². The van der Waals surface area contributed by atoms with Gasteiger partial charge in [-0.1, -0.05) is 50.2 Å². The number of nitrogens with zero attached hydrogens (tertiary/aromatic N) is 2. The molecule has 3 rings (SSSR count). The molecule has 0 aliphatic carbocycles. The second-order valence-corrected chi connectivity index (χ2v) is 7.93. The minimum absolute atomic E-state index is 0.0147. The standard InChI is InChI=1S/C24H31N3O2/c1-5-26(24(29)25-21-12-10-19(11-13-21)17(2)3)16-23(28)27-15-14-20-8-6-7-9-22(20)18(27)4/h6-13,17-18H,5,14-16H2,1-4H3,(H,25,29). The average molecular weight is 394 g/mol. The number of fused-ring (bicyclic) bond motifs is 1. The fourth-order valence-corrected chi connectivity index (χ4v) is 3.85. The van der Waals surface area contributed by atoms with Gasteiger partial charge in [0.2, 0.25) is 5.91 Å². The van der Waals surface area contributed by atoms with E-state index in [1.807, 2.05) is 48.2 Å². The Morgan fingerprint density at radius 3 is 2.48 bits per heavy atom. The van der Waals surface area contributed by atoms with Gasteiger partial charge in [0.15, 0.2) is 0 Å². The van der Waals surface area contributed by atoms with Crippen LogP contribution < -0.4 is 5.32 Å². The van der Waals surface area contributed by atoms with Gasteiger partial charge in [0.25, 0.3) is 0 Å². The fraction of sp³-hybridized carbons (Fsp3) is 0.417. The van der Waals surface area contributed by atoms with E-state index in [1.165, 1.54) is 16.7 Å². The van der Waals surface area contributed by atoms with Crippen LogP contribution in [0.15, 0.2) is 48.5 Å². The minimum atomic E-state index is -0.247. The fourth-order valence-electron chi connectivity index (χ4n) is 3.85. The Labute approximate surface area is 173 Å². The molecule has 29 heavy (non-hydrogen) atoms. The molecule has 2 aromatic carbocycles. The highest BCUT2D eigenvalue weighted by Gasteiger charge is 2.29. The Hall–Kier alpha value is -2.82. The number of urea groups is 1. The zero-order valence-electron chi connectivity index (χ0n) is 17.8. The van der Waals surface area contributed by atoms with Crippen LogP contribution in [0.25, 0.3) is 0 Å². The normalized spacial score (nSPS) is 15.8. The van der Waals surface area contributed by atoms with Crippen molar-refractivity contribution < 1.29 is 9.59 Å². The maximum Gasteiger partial charge on any atom is 0.322 e. The van der Waals surface area contributed by atoms with Gasteiger partial charge in [-0.3, -0.25) is 4.79 Å². The SMILES string of the molecule is CCN(CC(=O)N1CCc2ccccc2C1C)C(=O)Nc1ccc(C(C)C)cc1. The molecule has 2 aromatic rings. The summed E-state index contributed by atoms with van der Waals surface area (Å²) in [6, 6.07) is 15.9. The quantitative estimate of drug-likeness (QED) is 0.792. The maximum atomic E-state index is 13.0. The Morgan fingerprint density at radius 1 is 1.14 bits per heavy atom. The highest BCUT2D eigenvalue weighted by atomic mass is 16.2. The number of likely N-dealkylation sites (N-methyl/N-ethyl adjacent to an activating group) is 1. The molecular formula is C24H31N3O2. The molecular weight excluding hydrogens is 362 g/mol. The molecule has 3 amide bonds. The number of anilines is 1. The molecule has 1 aliphatic rings. The van der Waals surface area contributed by atoms with Crippen molar-refractivity contribution >= 4 is 17.6 Å². The van der Waals surface area contributed by atoms with Crippen LogP contribution in [0.1, 0.15) is 56.3 Å². The second-order valence-electron chi connectivity index (χ2n) is 7.93. The predicted octanol–water partition coefficient (Wildman–Crippen LogP) is 4.81. The smallest absolute Gasteiger partial charge is 0.322 e. The van der Waals surface area contributed by atoms with E-state index in [9.17, 15) is 9.59 Å². The van der Waals surface area contributed by atoms with Crippen molar-refractivity contribution in [2.45, 2.75) is 46.1 Å². The lowest BCUT2D eigenvalue weighted by Gasteiger charge is -2.36. The molecule has 5 heteroatoms. The third kappa shape index (κ3) is 4.78. The largest absolute Gasteiger partial charge is 0.334 e. The molecule has 1 aliphatic heterocycles.